The van der Waals surface area contributed by atoms with Crippen LogP contribution in [0.1, 0.15) is 25.7 Å². The molecule has 0 spiro atoms. The van der Waals surface area contributed by atoms with Crippen LogP contribution in [0.15, 0.2) is 23.8 Å². The zero-order valence-electron chi connectivity index (χ0n) is 6.71. The number of hydrogen-bond donors (Lipinski definition) is 1. The zero-order chi connectivity index (χ0) is 7.84. The van der Waals surface area contributed by atoms with E-state index >= 15 is 0 Å². The van der Waals surface area contributed by atoms with Crippen LogP contribution in [0.2, 0.25) is 0 Å². The van der Waals surface area contributed by atoms with Crippen molar-refractivity contribution in [2.24, 2.45) is 5.92 Å². The van der Waals surface area contributed by atoms with Crippen LogP contribution < -0.4 is 0 Å². The van der Waals surface area contributed by atoms with Crippen LogP contribution in [0.25, 0.3) is 0 Å². The van der Waals surface area contributed by atoms with Crippen LogP contribution in [-0.4, -0.2) is 11.2 Å². The van der Waals surface area contributed by atoms with Crippen molar-refractivity contribution in [3.63, 3.8) is 0 Å². The largest absolute Gasteiger partial charge is 0.388 e. The van der Waals surface area contributed by atoms with Crippen LogP contribution in [0.3, 0.4) is 0 Å². The third-order valence-corrected chi connectivity index (χ3v) is 2.84. The highest BCUT2D eigenvalue weighted by molar-refractivity contribution is 5.36. The molecule has 2 atom stereocenters. The summed E-state index contributed by atoms with van der Waals surface area (Å²) in [5, 5.41) is 9.64. The lowest BCUT2D eigenvalue weighted by Crippen LogP contribution is -2.20. The van der Waals surface area contributed by atoms with Crippen molar-refractivity contribution in [1.82, 2.24) is 0 Å². The first kappa shape index (κ1) is 7.11. The Hall–Kier alpha value is -0.560. The molecule has 60 valence electrons. The minimum atomic E-state index is -0.259. The van der Waals surface area contributed by atoms with Gasteiger partial charge in [0.15, 0.2) is 0 Å². The minimum absolute atomic E-state index is 0.259. The molecule has 2 aliphatic carbocycles. The van der Waals surface area contributed by atoms with E-state index in [-0.39, 0.29) is 6.10 Å². The van der Waals surface area contributed by atoms with Crippen LogP contribution in [0.5, 0.6) is 0 Å². The minimum Gasteiger partial charge on any atom is -0.388 e. The van der Waals surface area contributed by atoms with Crippen molar-refractivity contribution in [2.75, 3.05) is 0 Å². The first-order valence-electron chi connectivity index (χ1n) is 4.36. The van der Waals surface area contributed by atoms with E-state index in [1.807, 2.05) is 0 Å². The maximum absolute atomic E-state index is 9.64. The fraction of sp³-hybridized carbons (Fsp3) is 0.600. The standard InChI is InChI=1S/C10H14O/c1-7-6-8-4-2-3-5-9(8)10(7)11/h6,9-11H,1-5H2/t9-,10-/m1/s1. The molecular formula is C10H14O. The molecule has 0 bridgehead atoms. The van der Waals surface area contributed by atoms with Gasteiger partial charge in [0.1, 0.15) is 0 Å². The van der Waals surface area contributed by atoms with Crippen LogP contribution >= 0.6 is 0 Å². The second-order valence-electron chi connectivity index (χ2n) is 3.59. The average Bonchev–Trinajstić information content (AvgIpc) is 2.30. The molecule has 1 fully saturated rings. The van der Waals surface area contributed by atoms with Crippen LogP contribution in [0.4, 0.5) is 0 Å². The molecule has 1 N–H and O–H groups in total. The first-order chi connectivity index (χ1) is 5.29. The van der Waals surface area contributed by atoms with Crippen molar-refractivity contribution in [2.45, 2.75) is 31.8 Å². The van der Waals surface area contributed by atoms with Gasteiger partial charge in [0, 0.05) is 5.92 Å². The Morgan fingerprint density at radius 2 is 2.27 bits per heavy atom. The van der Waals surface area contributed by atoms with Gasteiger partial charge in [0.25, 0.3) is 0 Å². The highest BCUT2D eigenvalue weighted by Crippen LogP contribution is 2.39. The van der Waals surface area contributed by atoms with Gasteiger partial charge in [-0.1, -0.05) is 24.6 Å². The summed E-state index contributed by atoms with van der Waals surface area (Å²) in [6, 6.07) is 0. The van der Waals surface area contributed by atoms with Crippen molar-refractivity contribution >= 4 is 0 Å². The number of hydrogen-bond acceptors (Lipinski definition) is 1. The molecule has 0 radical (unpaired) electrons. The molecular weight excluding hydrogens is 136 g/mol. The lowest BCUT2D eigenvalue weighted by molar-refractivity contribution is 0.157. The third-order valence-electron chi connectivity index (χ3n) is 2.84. The highest BCUT2D eigenvalue weighted by atomic mass is 16.3. The Morgan fingerprint density at radius 3 is 3.00 bits per heavy atom. The molecule has 0 heterocycles. The van der Waals surface area contributed by atoms with Gasteiger partial charge in [0.05, 0.1) is 6.10 Å². The highest BCUT2D eigenvalue weighted by Gasteiger charge is 2.31. The number of aliphatic hydroxyl groups excluding tert-OH is 1. The Morgan fingerprint density at radius 1 is 1.45 bits per heavy atom. The summed E-state index contributed by atoms with van der Waals surface area (Å²) in [7, 11) is 0. The summed E-state index contributed by atoms with van der Waals surface area (Å²) < 4.78 is 0. The van der Waals surface area contributed by atoms with E-state index in [9.17, 15) is 5.11 Å². The Kier molecular flexibility index (Phi) is 1.61. The summed E-state index contributed by atoms with van der Waals surface area (Å²) in [6.07, 6.45) is 6.74. The van der Waals surface area contributed by atoms with Crippen LogP contribution in [-0.2, 0) is 0 Å². The van der Waals surface area contributed by atoms with Gasteiger partial charge in [0.2, 0.25) is 0 Å². The van der Waals surface area contributed by atoms with Gasteiger partial charge in [-0.3, -0.25) is 0 Å². The molecule has 2 rings (SSSR count). The molecule has 11 heavy (non-hydrogen) atoms. The maximum Gasteiger partial charge on any atom is 0.0849 e. The lowest BCUT2D eigenvalue weighted by Gasteiger charge is -2.23. The fourth-order valence-corrected chi connectivity index (χ4v) is 2.19. The predicted octanol–water partition coefficient (Wildman–Crippen LogP) is 2.03. The van der Waals surface area contributed by atoms with Crippen LogP contribution in [0, 0.1) is 5.92 Å². The van der Waals surface area contributed by atoms with Gasteiger partial charge in [-0.25, -0.2) is 0 Å². The molecule has 1 heteroatoms. The smallest absolute Gasteiger partial charge is 0.0849 e. The number of aliphatic hydroxyl groups is 1. The van der Waals surface area contributed by atoms with Gasteiger partial charge in [-0.2, -0.15) is 0 Å². The average molecular weight is 150 g/mol. The second kappa shape index (κ2) is 2.49. The molecule has 0 amide bonds. The van der Waals surface area contributed by atoms with Crippen molar-refractivity contribution in [3.05, 3.63) is 23.8 Å². The molecule has 0 aliphatic heterocycles. The van der Waals surface area contributed by atoms with E-state index in [0.717, 1.165) is 12.0 Å². The second-order valence-corrected chi connectivity index (χ2v) is 3.59. The summed E-state index contributed by atoms with van der Waals surface area (Å²) >= 11 is 0. The number of rotatable bonds is 0. The third kappa shape index (κ3) is 1.04. The van der Waals surface area contributed by atoms with Gasteiger partial charge < -0.3 is 5.11 Å². The Balaban J connectivity index is 2.22. The molecule has 0 aromatic carbocycles. The maximum atomic E-state index is 9.64. The fourth-order valence-electron chi connectivity index (χ4n) is 2.19. The molecule has 0 saturated heterocycles. The Bertz CT molecular complexity index is 215. The van der Waals surface area contributed by atoms with E-state index in [4.69, 9.17) is 0 Å². The van der Waals surface area contributed by atoms with E-state index < -0.39 is 0 Å². The molecule has 0 aromatic rings. The Labute approximate surface area is 67.4 Å². The van der Waals surface area contributed by atoms with E-state index in [1.54, 1.807) is 0 Å². The molecule has 1 nitrogen and oxygen atoms in total. The van der Waals surface area contributed by atoms with E-state index in [1.165, 1.54) is 24.8 Å². The molecule has 0 aromatic heterocycles. The lowest BCUT2D eigenvalue weighted by atomic mass is 9.85. The van der Waals surface area contributed by atoms with Gasteiger partial charge >= 0.3 is 0 Å². The summed E-state index contributed by atoms with van der Waals surface area (Å²) in [5.41, 5.74) is 2.36. The topological polar surface area (TPSA) is 20.2 Å². The molecule has 2 aliphatic rings. The SMILES string of the molecule is C=C1C=C2CCCC[C@H]2[C@@H]1O. The zero-order valence-corrected chi connectivity index (χ0v) is 6.71. The molecule has 0 unspecified atom stereocenters. The number of fused-ring (bicyclic) bond motifs is 1. The van der Waals surface area contributed by atoms with Gasteiger partial charge in [-0.05, 0) is 24.8 Å². The normalized spacial score (nSPS) is 36.8. The predicted molar refractivity (Wildman–Crippen MR) is 45.2 cm³/mol. The summed E-state index contributed by atoms with van der Waals surface area (Å²) in [6.45, 7) is 3.83. The quantitative estimate of drug-likeness (QED) is 0.560. The molecule has 1 saturated carbocycles. The van der Waals surface area contributed by atoms with Crippen molar-refractivity contribution < 1.29 is 5.11 Å². The first-order valence-corrected chi connectivity index (χ1v) is 4.36. The van der Waals surface area contributed by atoms with Crippen molar-refractivity contribution in [3.8, 4) is 0 Å². The summed E-state index contributed by atoms with van der Waals surface area (Å²) in [5.74, 6) is 0.427. The monoisotopic (exact) mass is 150 g/mol. The van der Waals surface area contributed by atoms with E-state index in [2.05, 4.69) is 12.7 Å². The summed E-state index contributed by atoms with van der Waals surface area (Å²) in [4.78, 5) is 0. The van der Waals surface area contributed by atoms with Gasteiger partial charge in [-0.15, -0.1) is 0 Å². The van der Waals surface area contributed by atoms with E-state index in [0.29, 0.717) is 5.92 Å². The van der Waals surface area contributed by atoms with Crippen molar-refractivity contribution in [1.29, 1.82) is 0 Å².